The summed E-state index contributed by atoms with van der Waals surface area (Å²) in [4.78, 5) is 11.3. The molecule has 1 fully saturated rings. The Bertz CT molecular complexity index is 428. The molecule has 0 spiro atoms. The zero-order valence-electron chi connectivity index (χ0n) is 14.9. The van der Waals surface area contributed by atoms with E-state index in [1.54, 1.807) is 0 Å². The van der Waals surface area contributed by atoms with E-state index in [4.69, 9.17) is 9.47 Å². The molecule has 0 N–H and O–H groups in total. The van der Waals surface area contributed by atoms with Crippen LogP contribution in [0.2, 0.25) is 0 Å². The Kier molecular flexibility index (Phi) is 5.70. The molecule has 0 aromatic rings. The molecule has 0 unspecified atom stereocenters. The first-order valence-corrected chi connectivity index (χ1v) is 8.85. The Labute approximate surface area is 135 Å². The van der Waals surface area contributed by atoms with Gasteiger partial charge in [-0.05, 0) is 25.2 Å². The van der Waals surface area contributed by atoms with Crippen LogP contribution in [0.4, 0.5) is 0 Å². The summed E-state index contributed by atoms with van der Waals surface area (Å²) in [7, 11) is 0. The second kappa shape index (κ2) is 7.16. The normalized spacial score (nSPS) is 37.6. The van der Waals surface area contributed by atoms with Crippen molar-refractivity contribution in [2.45, 2.75) is 66.4 Å². The number of fused-ring (bicyclic) bond motifs is 2. The van der Waals surface area contributed by atoms with Crippen LogP contribution < -0.4 is 0 Å². The zero-order chi connectivity index (χ0) is 16.3. The maximum Gasteiger partial charge on any atom is 0.302 e. The van der Waals surface area contributed by atoms with E-state index in [1.807, 2.05) is 0 Å². The van der Waals surface area contributed by atoms with E-state index in [-0.39, 0.29) is 11.4 Å². The van der Waals surface area contributed by atoms with Crippen LogP contribution in [0.25, 0.3) is 0 Å². The van der Waals surface area contributed by atoms with E-state index in [0.29, 0.717) is 37.1 Å². The van der Waals surface area contributed by atoms with Crippen LogP contribution in [0.3, 0.4) is 0 Å². The van der Waals surface area contributed by atoms with Gasteiger partial charge in [0.2, 0.25) is 0 Å². The van der Waals surface area contributed by atoms with E-state index in [2.05, 4.69) is 33.8 Å². The number of hydrogen-bond donors (Lipinski definition) is 0. The van der Waals surface area contributed by atoms with Crippen molar-refractivity contribution in [2.24, 2.45) is 23.2 Å². The SMILES string of the molecule is CCCCC[C@H]1OC[C@@]2(COC(C)=O)[C@H](C)C=C(C)[C@H]1[C@@H]2C. The number of allylic oxidation sites excluding steroid dienone is 1. The molecule has 1 aliphatic heterocycles. The van der Waals surface area contributed by atoms with Crippen LogP contribution in [0.1, 0.15) is 60.3 Å². The summed E-state index contributed by atoms with van der Waals surface area (Å²) in [5.74, 6) is 1.15. The first-order valence-electron chi connectivity index (χ1n) is 8.85. The number of carbonyl (C=O) groups excluding carboxylic acids is 1. The average Bonchev–Trinajstić information content (AvgIpc) is 2.45. The molecule has 2 aliphatic rings. The number of ether oxygens (including phenoxy) is 2. The maximum absolute atomic E-state index is 11.3. The summed E-state index contributed by atoms with van der Waals surface area (Å²) in [6.07, 6.45) is 7.63. The third-order valence-electron chi connectivity index (χ3n) is 5.99. The van der Waals surface area contributed by atoms with Crippen molar-refractivity contribution in [1.29, 1.82) is 0 Å². The molecule has 5 atom stereocenters. The molecule has 1 saturated heterocycles. The molecule has 0 aromatic heterocycles. The van der Waals surface area contributed by atoms with Crippen molar-refractivity contribution in [2.75, 3.05) is 13.2 Å². The van der Waals surface area contributed by atoms with Crippen molar-refractivity contribution in [3.8, 4) is 0 Å². The van der Waals surface area contributed by atoms with Gasteiger partial charge in [-0.1, -0.05) is 51.7 Å². The van der Waals surface area contributed by atoms with Crippen LogP contribution in [-0.2, 0) is 14.3 Å². The van der Waals surface area contributed by atoms with E-state index in [9.17, 15) is 4.79 Å². The molecule has 2 bridgehead atoms. The summed E-state index contributed by atoms with van der Waals surface area (Å²) < 4.78 is 11.7. The van der Waals surface area contributed by atoms with Gasteiger partial charge in [-0.15, -0.1) is 0 Å². The number of esters is 1. The monoisotopic (exact) mass is 308 g/mol. The van der Waals surface area contributed by atoms with Crippen LogP contribution in [-0.4, -0.2) is 25.3 Å². The first-order chi connectivity index (χ1) is 10.4. The van der Waals surface area contributed by atoms with Crippen LogP contribution in [0.15, 0.2) is 11.6 Å². The van der Waals surface area contributed by atoms with Gasteiger partial charge in [0.1, 0.15) is 0 Å². The molecule has 0 amide bonds. The molecule has 22 heavy (non-hydrogen) atoms. The van der Waals surface area contributed by atoms with Gasteiger partial charge in [0, 0.05) is 18.3 Å². The fourth-order valence-corrected chi connectivity index (χ4v) is 4.48. The Balaban J connectivity index is 2.17. The summed E-state index contributed by atoms with van der Waals surface area (Å²) in [6, 6.07) is 0. The van der Waals surface area contributed by atoms with Crippen molar-refractivity contribution in [3.05, 3.63) is 11.6 Å². The highest BCUT2D eigenvalue weighted by Crippen LogP contribution is 2.53. The molecule has 1 aliphatic carbocycles. The third-order valence-corrected chi connectivity index (χ3v) is 5.99. The highest BCUT2D eigenvalue weighted by Gasteiger charge is 2.53. The second-order valence-corrected chi connectivity index (χ2v) is 7.37. The lowest BCUT2D eigenvalue weighted by molar-refractivity contribution is -0.180. The smallest absolute Gasteiger partial charge is 0.302 e. The minimum Gasteiger partial charge on any atom is -0.465 e. The number of hydrogen-bond acceptors (Lipinski definition) is 3. The Hall–Kier alpha value is -0.830. The number of unbranched alkanes of at least 4 members (excludes halogenated alkanes) is 2. The van der Waals surface area contributed by atoms with Gasteiger partial charge in [-0.3, -0.25) is 4.79 Å². The summed E-state index contributed by atoms with van der Waals surface area (Å²) in [5.41, 5.74) is 1.40. The fourth-order valence-electron chi connectivity index (χ4n) is 4.48. The van der Waals surface area contributed by atoms with E-state index < -0.39 is 0 Å². The van der Waals surface area contributed by atoms with Crippen LogP contribution in [0, 0.1) is 23.2 Å². The molecular formula is C19H32O3. The summed E-state index contributed by atoms with van der Waals surface area (Å²) >= 11 is 0. The van der Waals surface area contributed by atoms with Gasteiger partial charge in [-0.2, -0.15) is 0 Å². The average molecular weight is 308 g/mol. The summed E-state index contributed by atoms with van der Waals surface area (Å²) in [6.45, 7) is 11.7. The van der Waals surface area contributed by atoms with Gasteiger partial charge in [0.25, 0.3) is 0 Å². The fraction of sp³-hybridized carbons (Fsp3) is 0.842. The predicted molar refractivity (Wildman–Crippen MR) is 88.5 cm³/mol. The highest BCUT2D eigenvalue weighted by molar-refractivity contribution is 5.65. The van der Waals surface area contributed by atoms with E-state index in [0.717, 1.165) is 6.42 Å². The van der Waals surface area contributed by atoms with Gasteiger partial charge in [0.15, 0.2) is 0 Å². The molecule has 126 valence electrons. The topological polar surface area (TPSA) is 35.5 Å². The van der Waals surface area contributed by atoms with Crippen molar-refractivity contribution >= 4 is 5.97 Å². The van der Waals surface area contributed by atoms with Crippen molar-refractivity contribution < 1.29 is 14.3 Å². The van der Waals surface area contributed by atoms with E-state index >= 15 is 0 Å². The molecule has 2 rings (SSSR count). The minimum atomic E-state index is -0.193. The number of rotatable bonds is 6. The highest BCUT2D eigenvalue weighted by atomic mass is 16.5. The second-order valence-electron chi connectivity index (χ2n) is 7.37. The molecular weight excluding hydrogens is 276 g/mol. The first kappa shape index (κ1) is 17.5. The molecule has 0 radical (unpaired) electrons. The molecule has 3 nitrogen and oxygen atoms in total. The number of carbonyl (C=O) groups is 1. The molecule has 0 aromatic carbocycles. The molecule has 0 saturated carbocycles. The molecule has 3 heteroatoms. The summed E-state index contributed by atoms with van der Waals surface area (Å²) in [5, 5.41) is 0. The van der Waals surface area contributed by atoms with Gasteiger partial charge in [0.05, 0.1) is 19.3 Å². The largest absolute Gasteiger partial charge is 0.465 e. The van der Waals surface area contributed by atoms with Gasteiger partial charge >= 0.3 is 5.97 Å². The zero-order valence-corrected chi connectivity index (χ0v) is 14.9. The van der Waals surface area contributed by atoms with Crippen LogP contribution in [0.5, 0.6) is 0 Å². The van der Waals surface area contributed by atoms with E-state index in [1.165, 1.54) is 31.8 Å². The Morgan fingerprint density at radius 3 is 2.77 bits per heavy atom. The van der Waals surface area contributed by atoms with Crippen molar-refractivity contribution in [3.63, 3.8) is 0 Å². The Morgan fingerprint density at radius 1 is 1.41 bits per heavy atom. The predicted octanol–water partition coefficient (Wildman–Crippen LogP) is 4.36. The lowest BCUT2D eigenvalue weighted by atomic mass is 9.56. The quantitative estimate of drug-likeness (QED) is 0.415. The van der Waals surface area contributed by atoms with Crippen LogP contribution >= 0.6 is 0 Å². The minimum absolute atomic E-state index is 0.0584. The standard InChI is InChI=1S/C19H32O3/c1-6-7-8-9-17-18-13(2)10-14(3)19(12-22-17,15(18)4)11-21-16(5)20/h10,14-15,17-18H,6-9,11-12H2,1-5H3/t14-,15+,17-,18+,19+/m1/s1. The van der Waals surface area contributed by atoms with Gasteiger partial charge in [-0.25, -0.2) is 0 Å². The van der Waals surface area contributed by atoms with Gasteiger partial charge < -0.3 is 9.47 Å². The molecule has 1 heterocycles. The maximum atomic E-state index is 11.3. The lowest BCUT2D eigenvalue weighted by Gasteiger charge is -2.55. The Morgan fingerprint density at radius 2 is 2.14 bits per heavy atom. The lowest BCUT2D eigenvalue weighted by Crippen LogP contribution is -2.56. The third kappa shape index (κ3) is 3.24. The van der Waals surface area contributed by atoms with Crippen molar-refractivity contribution in [1.82, 2.24) is 0 Å².